The van der Waals surface area contributed by atoms with Crippen molar-refractivity contribution in [3.63, 3.8) is 0 Å². The first-order chi connectivity index (χ1) is 33.3. The van der Waals surface area contributed by atoms with Gasteiger partial charge in [0.25, 0.3) is 0 Å². The molecule has 19 heteroatoms. The van der Waals surface area contributed by atoms with E-state index in [-0.39, 0.29) is 12.8 Å². The maximum Gasteiger partial charge on any atom is 0.326 e. The van der Waals surface area contributed by atoms with Gasteiger partial charge >= 0.3 is 11.9 Å². The molecule has 19 nitrogen and oxygen atoms in total. The van der Waals surface area contributed by atoms with Crippen LogP contribution in [0.3, 0.4) is 0 Å². The van der Waals surface area contributed by atoms with E-state index in [0.717, 1.165) is 33.2 Å². The smallest absolute Gasteiger partial charge is 0.326 e. The van der Waals surface area contributed by atoms with Gasteiger partial charge in [-0.1, -0.05) is 107 Å². The number of fused-ring (bicyclic) bond motifs is 3. The summed E-state index contributed by atoms with van der Waals surface area (Å²) in [4.78, 5) is 123. The average molecular weight is 965 g/mol. The minimum Gasteiger partial charge on any atom is -0.481 e. The molecule has 0 aliphatic heterocycles. The van der Waals surface area contributed by atoms with Gasteiger partial charge in [0, 0.05) is 42.8 Å². The van der Waals surface area contributed by atoms with E-state index in [1.54, 1.807) is 40.0 Å². The van der Waals surface area contributed by atoms with Crippen LogP contribution in [0.4, 0.5) is 0 Å². The average Bonchev–Trinajstić information content (AvgIpc) is 3.66. The summed E-state index contributed by atoms with van der Waals surface area (Å²) in [7, 11) is 0. The Hall–Kier alpha value is -7.57. The van der Waals surface area contributed by atoms with Crippen molar-refractivity contribution in [3.8, 4) is 0 Å². The predicted octanol–water partition coefficient (Wildman–Crippen LogP) is 2.49. The minimum absolute atomic E-state index is 0.0684. The number of carboxylic acid groups (broad SMARTS) is 2. The second-order valence-corrected chi connectivity index (χ2v) is 18.0. The van der Waals surface area contributed by atoms with Crippen LogP contribution in [-0.4, -0.2) is 105 Å². The van der Waals surface area contributed by atoms with Crippen molar-refractivity contribution in [2.75, 3.05) is 0 Å². The maximum absolute atomic E-state index is 14.5. The topological polar surface area (TPSA) is 308 Å². The van der Waals surface area contributed by atoms with Gasteiger partial charge in [-0.3, -0.25) is 38.4 Å². The van der Waals surface area contributed by atoms with Crippen molar-refractivity contribution in [1.29, 1.82) is 0 Å². The third-order valence-electron chi connectivity index (χ3n) is 13.0. The number of aromatic nitrogens is 1. The van der Waals surface area contributed by atoms with Gasteiger partial charge in [-0.05, 0) is 65.0 Å². The third kappa shape index (κ3) is 13.8. The highest BCUT2D eigenvalue weighted by molar-refractivity contribution is 5.98. The number of hydrogen-bond acceptors (Lipinski definition) is 9. The Kier molecular flexibility index (Phi) is 18.8. The first kappa shape index (κ1) is 53.4. The van der Waals surface area contributed by atoms with Gasteiger partial charge < -0.3 is 52.8 Å². The molecule has 1 heterocycles. The number of aliphatic carboxylic acids is 2. The highest BCUT2D eigenvalue weighted by Gasteiger charge is 2.39. The molecule has 0 saturated heterocycles. The molecule has 0 fully saturated rings. The Morgan fingerprint density at radius 1 is 0.643 bits per heavy atom. The minimum atomic E-state index is -1.83. The number of primary amides is 1. The Bertz CT molecular complexity index is 2530. The molecule has 1 aliphatic rings. The van der Waals surface area contributed by atoms with Crippen LogP contribution in [0.25, 0.3) is 10.9 Å². The Morgan fingerprint density at radius 2 is 1.14 bits per heavy atom. The number of carboxylic acids is 2. The van der Waals surface area contributed by atoms with Crippen LogP contribution >= 0.6 is 0 Å². The number of nitrogens with two attached hydrogens (primary N) is 1. The number of amides is 7. The molecule has 374 valence electrons. The number of aryl methyl sites for hydroxylation is 2. The summed E-state index contributed by atoms with van der Waals surface area (Å²) in [6.45, 7) is 8.09. The lowest BCUT2D eigenvalue weighted by Gasteiger charge is -2.31. The highest BCUT2D eigenvalue weighted by Crippen LogP contribution is 2.37. The zero-order valence-electron chi connectivity index (χ0n) is 40.0. The van der Waals surface area contributed by atoms with Crippen LogP contribution in [0.2, 0.25) is 0 Å². The molecule has 70 heavy (non-hydrogen) atoms. The quantitative estimate of drug-likeness (QED) is 0.0487. The van der Waals surface area contributed by atoms with Crippen LogP contribution in [0, 0.1) is 11.8 Å². The fourth-order valence-electron chi connectivity index (χ4n) is 8.80. The monoisotopic (exact) mass is 964 g/mol. The number of carbonyl (C=O) groups is 9. The molecule has 0 unspecified atom stereocenters. The van der Waals surface area contributed by atoms with Crippen LogP contribution in [0.1, 0.15) is 100 Å². The summed E-state index contributed by atoms with van der Waals surface area (Å²) in [6, 6.07) is 13.6. The third-order valence-corrected chi connectivity index (χ3v) is 13.0. The van der Waals surface area contributed by atoms with E-state index in [4.69, 9.17) is 5.73 Å². The number of aromatic amines is 1. The molecule has 7 amide bonds. The Balaban J connectivity index is 1.37. The lowest BCUT2D eigenvalue weighted by Crippen LogP contribution is -2.61. The maximum atomic E-state index is 14.5. The predicted molar refractivity (Wildman–Crippen MR) is 259 cm³/mol. The number of H-pyrrole nitrogens is 1. The fourth-order valence-corrected chi connectivity index (χ4v) is 8.80. The van der Waals surface area contributed by atoms with Crippen molar-refractivity contribution < 1.29 is 53.4 Å². The van der Waals surface area contributed by atoms with Gasteiger partial charge in [0.15, 0.2) is 0 Å². The summed E-state index contributed by atoms with van der Waals surface area (Å²) in [5, 5.41) is 36.4. The molecule has 4 aromatic rings. The lowest BCUT2D eigenvalue weighted by molar-refractivity contribution is -0.142. The standard InChI is InChI=1S/C51H64N8O11/c1-6-27(3)43(48(66)57-39(51(69)70)24-32-26-53-36-19-13-12-16-33(32)36)59-49(67)44(28(4)7-2)58-47(65)38(25-41(62)63)56-46(64)37(22-23-40(52)61)55-50(68)45(54-29(5)60)42-34-17-10-8-14-30(34)20-21-31-15-9-11-18-35(31)42/h8-19,26-28,37-39,42-45,53H,6-7,20-25H2,1-5H3,(H2,52,61)(H,54,60)(H,55,68)(H,56,64)(H,57,66)(H,58,65)(H,59,67)(H,62,63)(H,69,70)/t27-,28-,37-,38-,39-,43-,44-,45+/m0/s1. The van der Waals surface area contributed by atoms with Crippen molar-refractivity contribution in [2.45, 2.75) is 128 Å². The molecule has 1 aliphatic carbocycles. The summed E-state index contributed by atoms with van der Waals surface area (Å²) in [6.07, 6.45) is 1.84. The van der Waals surface area contributed by atoms with Gasteiger partial charge in [0.05, 0.1) is 6.42 Å². The number of nitrogens with one attached hydrogen (secondary N) is 7. The van der Waals surface area contributed by atoms with Crippen LogP contribution in [-0.2, 0) is 62.4 Å². The van der Waals surface area contributed by atoms with E-state index in [1.807, 2.05) is 66.7 Å². The number of benzene rings is 3. The number of rotatable bonds is 24. The largest absolute Gasteiger partial charge is 0.481 e. The van der Waals surface area contributed by atoms with Crippen LogP contribution in [0.15, 0.2) is 79.0 Å². The molecule has 3 aromatic carbocycles. The first-order valence-electron chi connectivity index (χ1n) is 23.6. The van der Waals surface area contributed by atoms with E-state index in [2.05, 4.69) is 36.9 Å². The van der Waals surface area contributed by atoms with E-state index < -0.39 is 120 Å². The fraction of sp³-hybridized carbons (Fsp3) is 0.431. The number of para-hydroxylation sites is 1. The van der Waals surface area contributed by atoms with Gasteiger partial charge in [-0.2, -0.15) is 0 Å². The molecule has 5 rings (SSSR count). The number of carbonyl (C=O) groups excluding carboxylic acids is 7. The van der Waals surface area contributed by atoms with Crippen LogP contribution in [0.5, 0.6) is 0 Å². The van der Waals surface area contributed by atoms with E-state index >= 15 is 0 Å². The molecule has 0 bridgehead atoms. The van der Waals surface area contributed by atoms with E-state index in [0.29, 0.717) is 31.2 Å². The van der Waals surface area contributed by atoms with Crippen molar-refractivity contribution in [1.82, 2.24) is 36.9 Å². The molecular weight excluding hydrogens is 901 g/mol. The van der Waals surface area contributed by atoms with E-state index in [9.17, 15) is 53.4 Å². The molecule has 8 atom stereocenters. The first-order valence-corrected chi connectivity index (χ1v) is 23.6. The normalized spacial score (nSPS) is 15.6. The van der Waals surface area contributed by atoms with Gasteiger partial charge in [0.1, 0.15) is 36.3 Å². The highest BCUT2D eigenvalue weighted by atomic mass is 16.4. The molecule has 0 spiro atoms. The van der Waals surface area contributed by atoms with Crippen molar-refractivity contribution in [2.24, 2.45) is 17.6 Å². The SMILES string of the molecule is CC[C@H](C)[C@H](NC(=O)[C@H](CC(=O)O)NC(=O)[C@H](CCC(N)=O)NC(=O)[C@H](NC(C)=O)C1c2ccccc2CCc2ccccc21)C(=O)N[C@H](C(=O)N[C@@H](Cc1c[nH]c2ccccc12)C(=O)O)[C@@H](C)CC. The zero-order chi connectivity index (χ0) is 51.2. The molecule has 1 aromatic heterocycles. The van der Waals surface area contributed by atoms with Gasteiger partial charge in [-0.25, -0.2) is 4.79 Å². The van der Waals surface area contributed by atoms with Crippen LogP contribution < -0.4 is 37.6 Å². The second kappa shape index (κ2) is 24.6. The molecule has 11 N–H and O–H groups in total. The molecule has 0 radical (unpaired) electrons. The summed E-state index contributed by atoms with van der Waals surface area (Å²) < 4.78 is 0. The lowest BCUT2D eigenvalue weighted by atomic mass is 9.82. The Labute approximate surface area is 405 Å². The van der Waals surface area contributed by atoms with Crippen molar-refractivity contribution >= 4 is 64.2 Å². The Morgan fingerprint density at radius 3 is 1.69 bits per heavy atom. The molecule has 0 saturated carbocycles. The van der Waals surface area contributed by atoms with Crippen molar-refractivity contribution in [3.05, 3.63) is 107 Å². The summed E-state index contributed by atoms with van der Waals surface area (Å²) in [5.41, 5.74) is 10.4. The van der Waals surface area contributed by atoms with Gasteiger partial charge in [-0.15, -0.1) is 0 Å². The zero-order valence-corrected chi connectivity index (χ0v) is 40.0. The summed E-state index contributed by atoms with van der Waals surface area (Å²) >= 11 is 0. The second-order valence-electron chi connectivity index (χ2n) is 18.0. The van der Waals surface area contributed by atoms with E-state index in [1.165, 1.54) is 6.92 Å². The number of hydrogen-bond donors (Lipinski definition) is 10. The van der Waals surface area contributed by atoms with Gasteiger partial charge in [0.2, 0.25) is 41.4 Å². The molecular formula is C51H64N8O11. The summed E-state index contributed by atoms with van der Waals surface area (Å²) in [5.74, 6) is -10.6.